The summed E-state index contributed by atoms with van der Waals surface area (Å²) in [6.45, 7) is 2.11. The minimum absolute atomic E-state index is 0.0500. The second kappa shape index (κ2) is 7.47. The Labute approximate surface area is 141 Å². The van der Waals surface area contributed by atoms with Crippen molar-refractivity contribution >= 4 is 5.91 Å². The quantitative estimate of drug-likeness (QED) is 0.800. The van der Waals surface area contributed by atoms with Crippen molar-refractivity contribution in [1.29, 1.82) is 0 Å². The summed E-state index contributed by atoms with van der Waals surface area (Å²) < 4.78 is 0. The number of benzene rings is 2. The SMILES string of the molecule is O=C(N[C@H]1CCN(Cc2ccccc2)C[C@H]1O)c1ccccc1O. The van der Waals surface area contributed by atoms with Crippen LogP contribution in [0.15, 0.2) is 54.6 Å². The Kier molecular flexibility index (Phi) is 5.13. The lowest BCUT2D eigenvalue weighted by Gasteiger charge is -2.36. The lowest BCUT2D eigenvalue weighted by molar-refractivity contribution is 0.0349. The van der Waals surface area contributed by atoms with Crippen LogP contribution in [0.25, 0.3) is 0 Å². The summed E-state index contributed by atoms with van der Waals surface area (Å²) in [5.74, 6) is -0.403. The molecule has 1 saturated heterocycles. The van der Waals surface area contributed by atoms with E-state index in [2.05, 4.69) is 22.3 Å². The van der Waals surface area contributed by atoms with E-state index in [4.69, 9.17) is 0 Å². The molecule has 0 spiro atoms. The maximum absolute atomic E-state index is 12.3. The van der Waals surface area contributed by atoms with Gasteiger partial charge < -0.3 is 15.5 Å². The average Bonchev–Trinajstić information content (AvgIpc) is 2.58. The molecule has 1 aliphatic rings. The Morgan fingerprint density at radius 2 is 1.83 bits per heavy atom. The van der Waals surface area contributed by atoms with Crippen molar-refractivity contribution < 1.29 is 15.0 Å². The first-order chi connectivity index (χ1) is 11.6. The molecule has 1 heterocycles. The second-order valence-electron chi connectivity index (χ2n) is 6.17. The van der Waals surface area contributed by atoms with E-state index in [1.807, 2.05) is 18.2 Å². The van der Waals surface area contributed by atoms with Gasteiger partial charge in [-0.1, -0.05) is 42.5 Å². The highest BCUT2D eigenvalue weighted by Crippen LogP contribution is 2.18. The van der Waals surface area contributed by atoms with E-state index in [0.29, 0.717) is 13.0 Å². The summed E-state index contributed by atoms with van der Waals surface area (Å²) in [7, 11) is 0. The van der Waals surface area contributed by atoms with Gasteiger partial charge >= 0.3 is 0 Å². The first-order valence-corrected chi connectivity index (χ1v) is 8.16. The van der Waals surface area contributed by atoms with Crippen LogP contribution in [0, 0.1) is 0 Å². The molecular formula is C19H22N2O3. The standard InChI is InChI=1S/C19H22N2O3/c22-17-9-5-4-8-15(17)19(24)20-16-10-11-21(13-18(16)23)12-14-6-2-1-3-7-14/h1-9,16,18,22-23H,10-13H2,(H,20,24)/t16-,18+/m0/s1. The van der Waals surface area contributed by atoms with Crippen LogP contribution in [0.4, 0.5) is 0 Å². The van der Waals surface area contributed by atoms with Gasteiger partial charge in [-0.25, -0.2) is 0 Å². The third-order valence-corrected chi connectivity index (χ3v) is 4.38. The number of rotatable bonds is 4. The van der Waals surface area contributed by atoms with Crippen molar-refractivity contribution in [1.82, 2.24) is 10.2 Å². The zero-order valence-corrected chi connectivity index (χ0v) is 13.4. The van der Waals surface area contributed by atoms with Crippen LogP contribution < -0.4 is 5.32 Å². The topological polar surface area (TPSA) is 72.8 Å². The number of likely N-dealkylation sites (tertiary alicyclic amines) is 1. The van der Waals surface area contributed by atoms with Crippen molar-refractivity contribution in [3.8, 4) is 5.75 Å². The van der Waals surface area contributed by atoms with Crippen LogP contribution in [0.3, 0.4) is 0 Å². The van der Waals surface area contributed by atoms with E-state index >= 15 is 0 Å². The van der Waals surface area contributed by atoms with Gasteiger partial charge in [0, 0.05) is 19.6 Å². The minimum atomic E-state index is -0.628. The van der Waals surface area contributed by atoms with Gasteiger partial charge in [-0.2, -0.15) is 0 Å². The summed E-state index contributed by atoms with van der Waals surface area (Å²) in [4.78, 5) is 14.4. The van der Waals surface area contributed by atoms with E-state index in [0.717, 1.165) is 13.1 Å². The van der Waals surface area contributed by atoms with E-state index < -0.39 is 6.10 Å². The molecule has 3 rings (SSSR count). The Hall–Kier alpha value is -2.37. The van der Waals surface area contributed by atoms with Crippen molar-refractivity contribution in [3.05, 3.63) is 65.7 Å². The molecule has 5 heteroatoms. The summed E-state index contributed by atoms with van der Waals surface area (Å²) >= 11 is 0. The maximum Gasteiger partial charge on any atom is 0.255 e. The molecule has 24 heavy (non-hydrogen) atoms. The molecule has 0 aliphatic carbocycles. The number of para-hydroxylation sites is 1. The summed E-state index contributed by atoms with van der Waals surface area (Å²) in [6, 6.07) is 16.3. The van der Waals surface area contributed by atoms with Gasteiger partial charge in [0.05, 0.1) is 17.7 Å². The number of β-amino-alcohol motifs (C(OH)–C–C–N with tert-alkyl or cyclic N) is 1. The normalized spacial score (nSPS) is 21.4. The number of piperidine rings is 1. The number of aromatic hydroxyl groups is 1. The second-order valence-corrected chi connectivity index (χ2v) is 6.17. The minimum Gasteiger partial charge on any atom is -0.507 e. The Bertz CT molecular complexity index is 690. The lowest BCUT2D eigenvalue weighted by Crippen LogP contribution is -2.53. The van der Waals surface area contributed by atoms with Crippen LogP contribution in [0.2, 0.25) is 0 Å². The molecule has 0 saturated carbocycles. The summed E-state index contributed by atoms with van der Waals surface area (Å²) in [6.07, 6.45) is 0.0464. The first-order valence-electron chi connectivity index (χ1n) is 8.16. The first kappa shape index (κ1) is 16.5. The summed E-state index contributed by atoms with van der Waals surface area (Å²) in [5, 5.41) is 22.9. The highest BCUT2D eigenvalue weighted by atomic mass is 16.3. The van der Waals surface area contributed by atoms with Gasteiger partial charge in [0.1, 0.15) is 5.75 Å². The fourth-order valence-corrected chi connectivity index (χ4v) is 3.06. The molecule has 0 bridgehead atoms. The number of hydrogen-bond acceptors (Lipinski definition) is 4. The monoisotopic (exact) mass is 326 g/mol. The molecule has 1 aliphatic heterocycles. The Balaban J connectivity index is 1.56. The zero-order valence-electron chi connectivity index (χ0n) is 13.4. The van der Waals surface area contributed by atoms with Crippen LogP contribution in [0.5, 0.6) is 5.75 Å². The lowest BCUT2D eigenvalue weighted by atomic mass is 10.0. The van der Waals surface area contributed by atoms with Gasteiger partial charge in [0.25, 0.3) is 5.91 Å². The average molecular weight is 326 g/mol. The van der Waals surface area contributed by atoms with Gasteiger partial charge in [0.15, 0.2) is 0 Å². The van der Waals surface area contributed by atoms with E-state index in [9.17, 15) is 15.0 Å². The molecule has 2 aromatic carbocycles. The van der Waals surface area contributed by atoms with Gasteiger partial charge in [0.2, 0.25) is 0 Å². The van der Waals surface area contributed by atoms with E-state index in [1.165, 1.54) is 11.6 Å². The predicted octanol–water partition coefficient (Wildman–Crippen LogP) is 1.76. The number of hydrogen-bond donors (Lipinski definition) is 3. The highest BCUT2D eigenvalue weighted by Gasteiger charge is 2.29. The molecule has 3 N–H and O–H groups in total. The predicted molar refractivity (Wildman–Crippen MR) is 91.7 cm³/mol. The molecule has 126 valence electrons. The van der Waals surface area contributed by atoms with Crippen molar-refractivity contribution in [2.24, 2.45) is 0 Å². The number of aliphatic hydroxyl groups is 1. The molecule has 0 unspecified atom stereocenters. The Morgan fingerprint density at radius 3 is 2.54 bits per heavy atom. The zero-order chi connectivity index (χ0) is 16.9. The molecule has 0 aromatic heterocycles. The van der Waals surface area contributed by atoms with Gasteiger partial charge in [-0.15, -0.1) is 0 Å². The van der Waals surface area contributed by atoms with Crippen molar-refractivity contribution in [3.63, 3.8) is 0 Å². The van der Waals surface area contributed by atoms with Crippen LogP contribution in [-0.4, -0.2) is 46.3 Å². The van der Waals surface area contributed by atoms with Crippen LogP contribution in [-0.2, 0) is 6.54 Å². The number of nitrogens with one attached hydrogen (secondary N) is 1. The Morgan fingerprint density at radius 1 is 1.12 bits per heavy atom. The maximum atomic E-state index is 12.3. The van der Waals surface area contributed by atoms with Crippen molar-refractivity contribution in [2.45, 2.75) is 25.1 Å². The molecule has 0 radical (unpaired) electrons. The third kappa shape index (κ3) is 3.93. The van der Waals surface area contributed by atoms with E-state index in [-0.39, 0.29) is 23.3 Å². The molecule has 2 aromatic rings. The molecular weight excluding hydrogens is 304 g/mol. The highest BCUT2D eigenvalue weighted by molar-refractivity contribution is 5.96. The molecule has 5 nitrogen and oxygen atoms in total. The van der Waals surface area contributed by atoms with Gasteiger partial charge in [-0.3, -0.25) is 9.69 Å². The number of nitrogens with zero attached hydrogens (tertiary/aromatic N) is 1. The van der Waals surface area contributed by atoms with Crippen molar-refractivity contribution in [2.75, 3.05) is 13.1 Å². The number of phenolic OH excluding ortho intramolecular Hbond substituents is 1. The summed E-state index contributed by atoms with van der Waals surface area (Å²) in [5.41, 5.74) is 1.44. The fourth-order valence-electron chi connectivity index (χ4n) is 3.06. The number of amides is 1. The molecule has 1 amide bonds. The molecule has 1 fully saturated rings. The van der Waals surface area contributed by atoms with E-state index in [1.54, 1.807) is 18.2 Å². The van der Waals surface area contributed by atoms with Crippen LogP contribution in [0.1, 0.15) is 22.3 Å². The van der Waals surface area contributed by atoms with Gasteiger partial charge in [-0.05, 0) is 24.1 Å². The number of aliphatic hydroxyl groups excluding tert-OH is 1. The fraction of sp³-hybridized carbons (Fsp3) is 0.316. The largest absolute Gasteiger partial charge is 0.507 e. The third-order valence-electron chi connectivity index (χ3n) is 4.38. The number of phenols is 1. The molecule has 2 atom stereocenters. The smallest absolute Gasteiger partial charge is 0.255 e. The van der Waals surface area contributed by atoms with Crippen LogP contribution >= 0.6 is 0 Å². The number of carbonyl (C=O) groups is 1. The number of carbonyl (C=O) groups excluding carboxylic acids is 1.